The van der Waals surface area contributed by atoms with Crippen LogP contribution < -0.4 is 29.6 Å². The molecule has 1 aliphatic heterocycles. The molecule has 52 heavy (non-hydrogen) atoms. The first-order valence-electron chi connectivity index (χ1n) is 17.1. The molecule has 4 amide bonds. The first-order chi connectivity index (χ1) is 24.7. The number of benzene rings is 2. The molecule has 0 unspecified atom stereocenters. The van der Waals surface area contributed by atoms with Gasteiger partial charge in [-0.15, -0.1) is 6.58 Å². The van der Waals surface area contributed by atoms with Crippen molar-refractivity contribution in [2.24, 2.45) is 11.3 Å². The highest BCUT2D eigenvalue weighted by Gasteiger charge is 2.62. The smallest absolute Gasteiger partial charge is 0.413 e. The van der Waals surface area contributed by atoms with Crippen molar-refractivity contribution in [1.29, 1.82) is 0 Å². The summed E-state index contributed by atoms with van der Waals surface area (Å²) >= 11 is 0. The molecule has 14 nitrogen and oxygen atoms in total. The van der Waals surface area contributed by atoms with Gasteiger partial charge in [-0.1, -0.05) is 57.2 Å². The summed E-state index contributed by atoms with van der Waals surface area (Å²) in [5.74, 6) is -1.88. The Morgan fingerprint density at radius 1 is 1.04 bits per heavy atom. The standard InChI is InChI=1S/C37H43N5O9S/c1-6-23-20-37(23,34(45)41-52(47,48)25-15-16-25)40-31(43)27-19-24(50-32-26-12-8-7-11-22(26)17-18-38-32)21-42(27)33(44)30(36(2,3)4)39-35(46)51-29-14-10-9-13-28(29)49-5/h6-14,17-18,23-25,27,30H,1,15-16,19-21H2,2-5H3,(H,39,46)(H,40,43)(H,41,45)/t23-,24+,27+,30+,37-/m0/s1. The number of hydrogen-bond acceptors (Lipinski definition) is 10. The van der Waals surface area contributed by atoms with Crippen LogP contribution in [-0.2, 0) is 24.4 Å². The zero-order valence-corrected chi connectivity index (χ0v) is 30.3. The third-order valence-corrected chi connectivity index (χ3v) is 11.5. The zero-order chi connectivity index (χ0) is 37.4. The Labute approximate surface area is 302 Å². The molecular formula is C37H43N5O9S. The molecule has 0 spiro atoms. The van der Waals surface area contributed by atoms with E-state index >= 15 is 0 Å². The average Bonchev–Trinajstić information content (AvgIpc) is 4.03. The number of nitrogens with zero attached hydrogens (tertiary/aromatic N) is 2. The number of para-hydroxylation sites is 2. The van der Waals surface area contributed by atoms with E-state index in [0.29, 0.717) is 24.5 Å². The molecule has 0 radical (unpaired) electrons. The lowest BCUT2D eigenvalue weighted by molar-refractivity contribution is -0.142. The minimum Gasteiger partial charge on any atom is -0.493 e. The van der Waals surface area contributed by atoms with E-state index in [1.54, 1.807) is 51.2 Å². The molecule has 0 bridgehead atoms. The summed E-state index contributed by atoms with van der Waals surface area (Å²) in [7, 11) is -2.47. The fourth-order valence-electron chi connectivity index (χ4n) is 6.50. The molecule has 2 aliphatic carbocycles. The largest absolute Gasteiger partial charge is 0.493 e. The van der Waals surface area contributed by atoms with Crippen molar-refractivity contribution in [2.75, 3.05) is 13.7 Å². The van der Waals surface area contributed by atoms with Gasteiger partial charge in [0.15, 0.2) is 11.5 Å². The van der Waals surface area contributed by atoms with Crippen molar-refractivity contribution in [2.45, 2.75) is 75.4 Å². The van der Waals surface area contributed by atoms with Crippen molar-refractivity contribution in [3.63, 3.8) is 0 Å². The summed E-state index contributed by atoms with van der Waals surface area (Å²) < 4.78 is 44.6. The highest BCUT2D eigenvalue weighted by atomic mass is 32.2. The van der Waals surface area contributed by atoms with Gasteiger partial charge in [-0.2, -0.15) is 0 Å². The summed E-state index contributed by atoms with van der Waals surface area (Å²) in [5.41, 5.74) is -2.43. The first kappa shape index (κ1) is 36.6. The number of ether oxygens (including phenoxy) is 3. The van der Waals surface area contributed by atoms with Crippen LogP contribution in [0.5, 0.6) is 17.4 Å². The molecule has 1 saturated heterocycles. The number of carbonyl (C=O) groups excluding carboxylic acids is 4. The molecular weight excluding hydrogens is 691 g/mol. The number of sulfonamides is 1. The number of aromatic nitrogens is 1. The van der Waals surface area contributed by atoms with E-state index in [2.05, 4.69) is 26.9 Å². The molecule has 5 atom stereocenters. The molecule has 2 aromatic carbocycles. The molecule has 15 heteroatoms. The zero-order valence-electron chi connectivity index (χ0n) is 29.5. The average molecular weight is 734 g/mol. The number of carbonyl (C=O) groups is 4. The lowest BCUT2D eigenvalue weighted by Crippen LogP contribution is -2.60. The molecule has 6 rings (SSSR count). The molecule has 1 aromatic heterocycles. The maximum atomic E-state index is 14.5. The summed E-state index contributed by atoms with van der Waals surface area (Å²) in [5, 5.41) is 6.44. The van der Waals surface area contributed by atoms with Gasteiger partial charge >= 0.3 is 6.09 Å². The number of amides is 4. The van der Waals surface area contributed by atoms with Gasteiger partial charge in [-0.25, -0.2) is 18.2 Å². The summed E-state index contributed by atoms with van der Waals surface area (Å²) in [4.78, 5) is 61.2. The third-order valence-electron chi connectivity index (χ3n) is 9.66. The Bertz CT molecular complexity index is 2010. The minimum absolute atomic E-state index is 0.0157. The number of pyridine rings is 1. The number of hydrogen-bond donors (Lipinski definition) is 3. The molecule has 3 aromatic rings. The molecule has 2 heterocycles. The van der Waals surface area contributed by atoms with Gasteiger partial charge in [0.05, 0.1) is 18.9 Å². The molecule has 2 saturated carbocycles. The summed E-state index contributed by atoms with van der Waals surface area (Å²) in [6.45, 7) is 8.99. The van der Waals surface area contributed by atoms with Crippen LogP contribution in [0.25, 0.3) is 10.8 Å². The van der Waals surface area contributed by atoms with Crippen LogP contribution in [0.15, 0.2) is 73.4 Å². The number of methoxy groups -OCH3 is 1. The van der Waals surface area contributed by atoms with Crippen molar-refractivity contribution < 1.29 is 41.8 Å². The van der Waals surface area contributed by atoms with Gasteiger partial charge in [0.25, 0.3) is 5.91 Å². The number of likely N-dealkylation sites (tertiary alicyclic amines) is 1. The second kappa shape index (κ2) is 14.1. The van der Waals surface area contributed by atoms with Crippen molar-refractivity contribution in [3.05, 3.63) is 73.4 Å². The summed E-state index contributed by atoms with van der Waals surface area (Å²) in [6.07, 6.45) is 2.53. The van der Waals surface area contributed by atoms with Crippen LogP contribution in [0.4, 0.5) is 4.79 Å². The Hall–Kier alpha value is -5.18. The van der Waals surface area contributed by atoms with Gasteiger partial charge < -0.3 is 29.7 Å². The van der Waals surface area contributed by atoms with Crippen LogP contribution in [0.2, 0.25) is 0 Å². The predicted molar refractivity (Wildman–Crippen MR) is 191 cm³/mol. The lowest BCUT2D eigenvalue weighted by atomic mass is 9.85. The Morgan fingerprint density at radius 3 is 2.38 bits per heavy atom. The van der Waals surface area contributed by atoms with E-state index in [4.69, 9.17) is 14.2 Å². The second-order valence-corrected chi connectivity index (χ2v) is 16.4. The molecule has 3 fully saturated rings. The first-order valence-corrected chi connectivity index (χ1v) is 18.6. The number of rotatable bonds is 12. The second-order valence-electron chi connectivity index (χ2n) is 14.5. The van der Waals surface area contributed by atoms with Gasteiger partial charge in [-0.05, 0) is 54.3 Å². The quantitative estimate of drug-likeness (QED) is 0.233. The number of fused-ring (bicyclic) bond motifs is 1. The SMILES string of the molecule is C=C[C@H]1C[C@@]1(NC(=O)[C@H]1C[C@@H](Oc2nccc3ccccc23)CN1C(=O)[C@@H](NC(=O)Oc1ccccc1OC)C(C)(C)C)C(=O)NS(=O)(=O)C1CC1. The van der Waals surface area contributed by atoms with E-state index < -0.39 is 74.1 Å². The fraction of sp³-hybridized carbons (Fsp3) is 0.432. The van der Waals surface area contributed by atoms with E-state index in [0.717, 1.165) is 10.8 Å². The maximum absolute atomic E-state index is 14.5. The minimum atomic E-state index is -3.90. The van der Waals surface area contributed by atoms with Crippen molar-refractivity contribution in [3.8, 4) is 17.4 Å². The van der Waals surface area contributed by atoms with Crippen LogP contribution in [0, 0.1) is 11.3 Å². The van der Waals surface area contributed by atoms with E-state index in [9.17, 15) is 27.6 Å². The lowest BCUT2D eigenvalue weighted by Gasteiger charge is -2.35. The van der Waals surface area contributed by atoms with Crippen molar-refractivity contribution in [1.82, 2.24) is 25.2 Å². The van der Waals surface area contributed by atoms with E-state index in [-0.39, 0.29) is 25.1 Å². The normalized spacial score (nSPS) is 23.2. The highest BCUT2D eigenvalue weighted by Crippen LogP contribution is 2.45. The van der Waals surface area contributed by atoms with Crippen LogP contribution in [0.1, 0.15) is 46.5 Å². The fourth-order valence-corrected chi connectivity index (χ4v) is 7.87. The van der Waals surface area contributed by atoms with Gasteiger partial charge in [0.1, 0.15) is 23.7 Å². The highest BCUT2D eigenvalue weighted by molar-refractivity contribution is 7.91. The van der Waals surface area contributed by atoms with Gasteiger partial charge in [0, 0.05) is 23.9 Å². The molecule has 3 aliphatic rings. The van der Waals surface area contributed by atoms with Crippen LogP contribution in [0.3, 0.4) is 0 Å². The van der Waals surface area contributed by atoms with Gasteiger partial charge in [-0.3, -0.25) is 19.1 Å². The van der Waals surface area contributed by atoms with E-state index in [1.165, 1.54) is 18.1 Å². The molecule has 276 valence electrons. The van der Waals surface area contributed by atoms with Crippen LogP contribution in [-0.4, -0.2) is 84.7 Å². The number of nitrogens with one attached hydrogen (secondary N) is 3. The topological polar surface area (TPSA) is 182 Å². The molecule has 3 N–H and O–H groups in total. The third kappa shape index (κ3) is 7.54. The maximum Gasteiger partial charge on any atom is 0.413 e. The Morgan fingerprint density at radius 2 is 1.73 bits per heavy atom. The Balaban J connectivity index is 1.27. The predicted octanol–water partition coefficient (Wildman–Crippen LogP) is 3.46. The van der Waals surface area contributed by atoms with Crippen molar-refractivity contribution >= 4 is 44.6 Å². The van der Waals surface area contributed by atoms with Crippen LogP contribution >= 0.6 is 0 Å². The summed E-state index contributed by atoms with van der Waals surface area (Å²) in [6, 6.07) is 13.6. The van der Waals surface area contributed by atoms with Gasteiger partial charge in [0.2, 0.25) is 27.7 Å². The Kier molecular flexibility index (Phi) is 9.92. The monoisotopic (exact) mass is 733 g/mol. The van der Waals surface area contributed by atoms with E-state index in [1.807, 2.05) is 30.3 Å².